The first kappa shape index (κ1) is 33.1. The number of hydrogen-bond donors (Lipinski definition) is 0. The fourth-order valence-electron chi connectivity index (χ4n) is 8.40. The molecule has 0 fully saturated rings. The van der Waals surface area contributed by atoms with Crippen molar-refractivity contribution in [1.29, 1.82) is 0 Å². The van der Waals surface area contributed by atoms with Gasteiger partial charge in [-0.1, -0.05) is 146 Å². The predicted molar refractivity (Wildman–Crippen MR) is 246 cm³/mol. The highest BCUT2D eigenvalue weighted by molar-refractivity contribution is 7.27. The summed E-state index contributed by atoms with van der Waals surface area (Å²) < 4.78 is 5.01. The van der Waals surface area contributed by atoms with E-state index in [1.54, 1.807) is 11.3 Å². The lowest BCUT2D eigenvalue weighted by molar-refractivity contribution is 1.08. The Labute approximate surface area is 341 Å². The summed E-state index contributed by atoms with van der Waals surface area (Å²) in [5, 5.41) is 8.51. The van der Waals surface area contributed by atoms with Crippen LogP contribution in [0.3, 0.4) is 0 Å². The van der Waals surface area contributed by atoms with E-state index >= 15 is 0 Å². The molecule has 4 nitrogen and oxygen atoms in total. The Morgan fingerprint density at radius 3 is 1.79 bits per heavy atom. The summed E-state index contributed by atoms with van der Waals surface area (Å²) in [6, 6.07) is 64.3. The average Bonchev–Trinajstić information content (AvgIpc) is 3.87. The van der Waals surface area contributed by atoms with Crippen LogP contribution in [0.4, 0.5) is 0 Å². The normalized spacial score (nSPS) is 11.8. The molecular weight excluding hydrogens is 745 g/mol. The van der Waals surface area contributed by atoms with Gasteiger partial charge in [-0.25, -0.2) is 19.9 Å². The highest BCUT2D eigenvalue weighted by atomic mass is 32.1. The number of nitrogens with zero attached hydrogens (tertiary/aromatic N) is 4. The molecule has 0 unspecified atom stereocenters. The van der Waals surface area contributed by atoms with Gasteiger partial charge in [-0.05, 0) is 47.5 Å². The number of hydrogen-bond acceptors (Lipinski definition) is 6. The predicted octanol–water partition coefficient (Wildman–Crippen LogP) is 14.6. The number of fused-ring (bicyclic) bond motifs is 10. The number of rotatable bonds is 5. The lowest BCUT2D eigenvalue weighted by Crippen LogP contribution is -2.00. The first-order valence-electron chi connectivity index (χ1n) is 19.3. The van der Waals surface area contributed by atoms with Gasteiger partial charge in [0.15, 0.2) is 17.5 Å². The van der Waals surface area contributed by atoms with Gasteiger partial charge in [-0.3, -0.25) is 0 Å². The first-order chi connectivity index (χ1) is 28.7. The van der Waals surface area contributed by atoms with Crippen molar-refractivity contribution in [3.05, 3.63) is 182 Å². The summed E-state index contributed by atoms with van der Waals surface area (Å²) in [6.45, 7) is 0. The van der Waals surface area contributed by atoms with Gasteiger partial charge in [-0.2, -0.15) is 0 Å². The molecule has 0 amide bonds. The molecular formula is C52H30N4S2. The molecule has 0 spiro atoms. The summed E-state index contributed by atoms with van der Waals surface area (Å²) in [5.74, 6) is 1.96. The lowest BCUT2D eigenvalue weighted by Gasteiger charge is -2.11. The second kappa shape index (κ2) is 13.2. The topological polar surface area (TPSA) is 51.6 Å². The van der Waals surface area contributed by atoms with Crippen LogP contribution in [0.5, 0.6) is 0 Å². The van der Waals surface area contributed by atoms with Gasteiger partial charge in [0.05, 0.1) is 11.2 Å². The van der Waals surface area contributed by atoms with Gasteiger partial charge in [0, 0.05) is 78.8 Å². The molecule has 0 aliphatic carbocycles. The Bertz CT molecular complexity index is 3570. The van der Waals surface area contributed by atoms with Crippen LogP contribution in [0.25, 0.3) is 119 Å². The Balaban J connectivity index is 1.02. The van der Waals surface area contributed by atoms with Crippen LogP contribution in [0.1, 0.15) is 0 Å². The standard InChI is InChI=1S/C52H30N4S2/c1-3-13-31(14-4-1)48-39-27-26-36-41-30-34(25-28-44(41)58-49(36)47(39)37-19-7-9-22-42(37)53-48)33-17-11-18-35(29-33)51-54-50(32-15-5-2-6-16-32)55-52(56-51)40-21-12-24-45-46(40)38-20-8-10-23-43(38)57-45/h1-30H. The molecule has 58 heavy (non-hydrogen) atoms. The van der Waals surface area contributed by atoms with Crippen LogP contribution in [-0.4, -0.2) is 19.9 Å². The zero-order valence-electron chi connectivity index (χ0n) is 30.9. The first-order valence-corrected chi connectivity index (χ1v) is 20.9. The number of aromatic nitrogens is 4. The summed E-state index contributed by atoms with van der Waals surface area (Å²) in [5.41, 5.74) is 8.30. The highest BCUT2D eigenvalue weighted by Crippen LogP contribution is 2.45. The minimum Gasteiger partial charge on any atom is -0.247 e. The molecule has 4 aromatic heterocycles. The lowest BCUT2D eigenvalue weighted by atomic mass is 9.97. The minimum atomic E-state index is 0.644. The molecule has 12 aromatic rings. The maximum absolute atomic E-state index is 5.22. The Hall–Kier alpha value is -7.12. The Morgan fingerprint density at radius 2 is 0.931 bits per heavy atom. The van der Waals surface area contributed by atoms with Gasteiger partial charge >= 0.3 is 0 Å². The van der Waals surface area contributed by atoms with Gasteiger partial charge < -0.3 is 0 Å². The van der Waals surface area contributed by atoms with E-state index < -0.39 is 0 Å². The van der Waals surface area contributed by atoms with E-state index in [2.05, 4.69) is 164 Å². The fourth-order valence-corrected chi connectivity index (χ4v) is 10.8. The largest absolute Gasteiger partial charge is 0.247 e. The molecule has 6 heteroatoms. The van der Waals surface area contributed by atoms with Crippen molar-refractivity contribution in [2.45, 2.75) is 0 Å². The number of thiophene rings is 2. The van der Waals surface area contributed by atoms with Crippen molar-refractivity contribution in [3.8, 4) is 56.5 Å². The van der Waals surface area contributed by atoms with Crippen LogP contribution in [0.15, 0.2) is 182 Å². The van der Waals surface area contributed by atoms with E-state index in [4.69, 9.17) is 19.9 Å². The van der Waals surface area contributed by atoms with E-state index in [0.29, 0.717) is 17.5 Å². The molecule has 270 valence electrons. The third-order valence-corrected chi connectivity index (χ3v) is 13.5. The zero-order chi connectivity index (χ0) is 38.2. The molecule has 0 saturated carbocycles. The highest BCUT2D eigenvalue weighted by Gasteiger charge is 2.19. The monoisotopic (exact) mass is 774 g/mol. The van der Waals surface area contributed by atoms with Crippen LogP contribution in [0, 0.1) is 0 Å². The molecule has 0 saturated heterocycles. The molecule has 0 aliphatic heterocycles. The molecule has 12 rings (SSSR count). The second-order valence-electron chi connectivity index (χ2n) is 14.6. The van der Waals surface area contributed by atoms with Gasteiger partial charge in [0.1, 0.15) is 0 Å². The Morgan fingerprint density at radius 1 is 0.310 bits per heavy atom. The van der Waals surface area contributed by atoms with Crippen molar-refractivity contribution >= 4 is 84.7 Å². The van der Waals surface area contributed by atoms with Crippen LogP contribution < -0.4 is 0 Å². The van der Waals surface area contributed by atoms with E-state index in [1.165, 1.54) is 56.5 Å². The van der Waals surface area contributed by atoms with Crippen molar-refractivity contribution in [3.63, 3.8) is 0 Å². The third kappa shape index (κ3) is 5.34. The molecule has 0 bridgehead atoms. The van der Waals surface area contributed by atoms with Crippen LogP contribution in [0.2, 0.25) is 0 Å². The van der Waals surface area contributed by atoms with E-state index in [0.717, 1.165) is 44.6 Å². The van der Waals surface area contributed by atoms with Gasteiger partial charge in [0.2, 0.25) is 0 Å². The molecule has 8 aromatic carbocycles. The maximum atomic E-state index is 5.22. The molecule has 4 heterocycles. The van der Waals surface area contributed by atoms with Crippen LogP contribution >= 0.6 is 22.7 Å². The number of para-hydroxylation sites is 1. The maximum Gasteiger partial charge on any atom is 0.164 e. The molecule has 0 radical (unpaired) electrons. The molecule has 0 N–H and O–H groups in total. The third-order valence-electron chi connectivity index (χ3n) is 11.1. The van der Waals surface area contributed by atoms with E-state index in [9.17, 15) is 0 Å². The Kier molecular flexibility index (Phi) is 7.55. The second-order valence-corrected chi connectivity index (χ2v) is 16.7. The van der Waals surface area contributed by atoms with Crippen molar-refractivity contribution in [2.75, 3.05) is 0 Å². The van der Waals surface area contributed by atoms with E-state index in [-0.39, 0.29) is 0 Å². The quantitative estimate of drug-likeness (QED) is 0.163. The smallest absolute Gasteiger partial charge is 0.164 e. The summed E-state index contributed by atoms with van der Waals surface area (Å²) in [7, 11) is 0. The number of pyridine rings is 1. The van der Waals surface area contributed by atoms with Crippen molar-refractivity contribution in [1.82, 2.24) is 19.9 Å². The SMILES string of the molecule is c1ccc(-c2nc(-c3cccc(-c4ccc5sc6c(ccc7c(-c8ccccc8)nc8ccccc8c76)c5c4)c3)nc(-c3cccc4sc5ccccc5c34)n2)cc1. The van der Waals surface area contributed by atoms with E-state index in [1.807, 2.05) is 29.5 Å². The summed E-state index contributed by atoms with van der Waals surface area (Å²) >= 11 is 3.66. The van der Waals surface area contributed by atoms with Gasteiger partial charge in [-0.15, -0.1) is 22.7 Å². The summed E-state index contributed by atoms with van der Waals surface area (Å²) in [6.07, 6.45) is 0. The molecule has 0 aliphatic rings. The summed E-state index contributed by atoms with van der Waals surface area (Å²) in [4.78, 5) is 20.6. The minimum absolute atomic E-state index is 0.644. The van der Waals surface area contributed by atoms with Gasteiger partial charge in [0.25, 0.3) is 0 Å². The molecule has 0 atom stereocenters. The van der Waals surface area contributed by atoms with Crippen molar-refractivity contribution in [2.24, 2.45) is 0 Å². The zero-order valence-corrected chi connectivity index (χ0v) is 32.6. The fraction of sp³-hybridized carbons (Fsp3) is 0. The average molecular weight is 775 g/mol. The number of benzene rings is 8. The van der Waals surface area contributed by atoms with Crippen LogP contribution in [-0.2, 0) is 0 Å². The van der Waals surface area contributed by atoms with Crippen molar-refractivity contribution < 1.29 is 0 Å².